The van der Waals surface area contributed by atoms with Crippen LogP contribution < -0.4 is 5.32 Å². The van der Waals surface area contributed by atoms with Gasteiger partial charge < -0.3 is 14.8 Å². The minimum atomic E-state index is -0.703. The van der Waals surface area contributed by atoms with Crippen LogP contribution in [0.5, 0.6) is 0 Å². The van der Waals surface area contributed by atoms with Crippen molar-refractivity contribution in [2.45, 2.75) is 24.9 Å². The van der Waals surface area contributed by atoms with Crippen LogP contribution >= 0.6 is 11.8 Å². The molecule has 1 aromatic heterocycles. The standard InChI is InChI=1S/C12H17NO3S/c14-11(4-3-10-2-1-6-16-10)13-8-12(15)5-7-17-9-12/h1-2,6,15H,3-5,7-9H2,(H,13,14)/t12-/m0/s1. The number of hydrogen-bond donors (Lipinski definition) is 2. The van der Waals surface area contributed by atoms with Crippen molar-refractivity contribution in [3.63, 3.8) is 0 Å². The summed E-state index contributed by atoms with van der Waals surface area (Å²) >= 11 is 1.73. The van der Waals surface area contributed by atoms with E-state index < -0.39 is 5.60 Å². The van der Waals surface area contributed by atoms with Gasteiger partial charge in [-0.3, -0.25) is 4.79 Å². The molecule has 1 atom stereocenters. The molecule has 0 radical (unpaired) electrons. The van der Waals surface area contributed by atoms with E-state index in [1.807, 2.05) is 12.1 Å². The highest BCUT2D eigenvalue weighted by Crippen LogP contribution is 2.26. The Hall–Kier alpha value is -0.940. The van der Waals surface area contributed by atoms with Crippen LogP contribution in [0.15, 0.2) is 22.8 Å². The summed E-state index contributed by atoms with van der Waals surface area (Å²) < 4.78 is 5.15. The summed E-state index contributed by atoms with van der Waals surface area (Å²) in [7, 11) is 0. The maximum Gasteiger partial charge on any atom is 0.220 e. The molecule has 0 saturated carbocycles. The van der Waals surface area contributed by atoms with Gasteiger partial charge in [-0.2, -0.15) is 11.8 Å². The molecule has 2 rings (SSSR count). The van der Waals surface area contributed by atoms with Crippen LogP contribution in [-0.4, -0.2) is 34.7 Å². The first kappa shape index (κ1) is 12.5. The van der Waals surface area contributed by atoms with Crippen molar-refractivity contribution in [2.75, 3.05) is 18.1 Å². The molecule has 0 bridgehead atoms. The van der Waals surface area contributed by atoms with E-state index in [0.717, 1.165) is 17.9 Å². The molecule has 1 fully saturated rings. The van der Waals surface area contributed by atoms with Gasteiger partial charge in [0, 0.05) is 25.1 Å². The fraction of sp³-hybridized carbons (Fsp3) is 0.583. The van der Waals surface area contributed by atoms with Gasteiger partial charge >= 0.3 is 0 Å². The third-order valence-electron chi connectivity index (χ3n) is 2.88. The molecule has 17 heavy (non-hydrogen) atoms. The summed E-state index contributed by atoms with van der Waals surface area (Å²) in [4.78, 5) is 11.6. The second-order valence-corrected chi connectivity index (χ2v) is 5.49. The van der Waals surface area contributed by atoms with Crippen molar-refractivity contribution in [1.29, 1.82) is 0 Å². The third-order valence-corrected chi connectivity index (χ3v) is 4.11. The Bertz CT molecular complexity index is 358. The van der Waals surface area contributed by atoms with Crippen molar-refractivity contribution in [3.05, 3.63) is 24.2 Å². The Kier molecular flexibility index (Phi) is 4.12. The zero-order valence-corrected chi connectivity index (χ0v) is 10.5. The van der Waals surface area contributed by atoms with Crippen molar-refractivity contribution < 1.29 is 14.3 Å². The molecular formula is C12H17NO3S. The highest BCUT2D eigenvalue weighted by atomic mass is 32.2. The third kappa shape index (κ3) is 3.78. The van der Waals surface area contributed by atoms with Gasteiger partial charge in [-0.25, -0.2) is 0 Å². The van der Waals surface area contributed by atoms with Gasteiger partial charge in [0.2, 0.25) is 5.91 Å². The van der Waals surface area contributed by atoms with E-state index in [1.54, 1.807) is 18.0 Å². The maximum absolute atomic E-state index is 11.6. The molecular weight excluding hydrogens is 238 g/mol. The first-order chi connectivity index (χ1) is 8.18. The Morgan fingerprint density at radius 3 is 3.18 bits per heavy atom. The molecule has 1 saturated heterocycles. The summed E-state index contributed by atoms with van der Waals surface area (Å²) in [6.45, 7) is 0.358. The van der Waals surface area contributed by atoms with Crippen LogP contribution in [0.1, 0.15) is 18.6 Å². The first-order valence-electron chi connectivity index (χ1n) is 5.77. The van der Waals surface area contributed by atoms with Crippen LogP contribution in [0.25, 0.3) is 0 Å². The largest absolute Gasteiger partial charge is 0.469 e. The van der Waals surface area contributed by atoms with E-state index in [1.165, 1.54) is 0 Å². The summed E-state index contributed by atoms with van der Waals surface area (Å²) in [6, 6.07) is 3.67. The highest BCUT2D eigenvalue weighted by molar-refractivity contribution is 7.99. The highest BCUT2D eigenvalue weighted by Gasteiger charge is 2.31. The number of carbonyl (C=O) groups is 1. The summed E-state index contributed by atoms with van der Waals surface area (Å²) in [5, 5.41) is 12.8. The number of carbonyl (C=O) groups excluding carboxylic acids is 1. The molecule has 1 aliphatic heterocycles. The van der Waals surface area contributed by atoms with Crippen molar-refractivity contribution in [1.82, 2.24) is 5.32 Å². The van der Waals surface area contributed by atoms with E-state index in [-0.39, 0.29) is 5.91 Å². The predicted molar refractivity (Wildman–Crippen MR) is 66.9 cm³/mol. The van der Waals surface area contributed by atoms with Crippen LogP contribution in [0.2, 0.25) is 0 Å². The van der Waals surface area contributed by atoms with E-state index >= 15 is 0 Å². The first-order valence-corrected chi connectivity index (χ1v) is 6.93. The fourth-order valence-electron chi connectivity index (χ4n) is 1.78. The molecule has 1 aromatic rings. The lowest BCUT2D eigenvalue weighted by Crippen LogP contribution is -2.43. The zero-order valence-electron chi connectivity index (χ0n) is 9.65. The van der Waals surface area contributed by atoms with E-state index in [9.17, 15) is 9.90 Å². The smallest absolute Gasteiger partial charge is 0.220 e. The number of hydrogen-bond acceptors (Lipinski definition) is 4. The van der Waals surface area contributed by atoms with Crippen molar-refractivity contribution >= 4 is 17.7 Å². The SMILES string of the molecule is O=C(CCc1ccco1)NC[C@@]1(O)CCSC1. The van der Waals surface area contributed by atoms with Gasteiger partial charge in [-0.05, 0) is 24.3 Å². The number of nitrogens with one attached hydrogen (secondary N) is 1. The molecule has 0 unspecified atom stereocenters. The van der Waals surface area contributed by atoms with Crippen molar-refractivity contribution in [3.8, 4) is 0 Å². The molecule has 4 nitrogen and oxygen atoms in total. The maximum atomic E-state index is 11.6. The topological polar surface area (TPSA) is 62.5 Å². The van der Waals surface area contributed by atoms with Gasteiger partial charge in [-0.15, -0.1) is 0 Å². The molecule has 0 aliphatic carbocycles. The second kappa shape index (κ2) is 5.60. The Morgan fingerprint density at radius 1 is 1.65 bits per heavy atom. The molecule has 1 amide bonds. The van der Waals surface area contributed by atoms with Crippen LogP contribution in [0, 0.1) is 0 Å². The molecule has 1 aliphatic rings. The Morgan fingerprint density at radius 2 is 2.53 bits per heavy atom. The minimum Gasteiger partial charge on any atom is -0.469 e. The molecule has 94 valence electrons. The average molecular weight is 255 g/mol. The molecule has 0 aromatic carbocycles. The normalized spacial score (nSPS) is 23.8. The average Bonchev–Trinajstić information content (AvgIpc) is 2.95. The lowest BCUT2D eigenvalue weighted by Gasteiger charge is -2.21. The number of aryl methyl sites for hydroxylation is 1. The fourth-order valence-corrected chi connectivity index (χ4v) is 3.07. The summed E-state index contributed by atoms with van der Waals surface area (Å²) in [5.41, 5.74) is -0.703. The lowest BCUT2D eigenvalue weighted by atomic mass is 10.0. The molecule has 2 heterocycles. The quantitative estimate of drug-likeness (QED) is 0.830. The molecule has 0 spiro atoms. The number of thioether (sulfide) groups is 1. The van der Waals surface area contributed by atoms with Gasteiger partial charge in [0.1, 0.15) is 5.76 Å². The molecule has 5 heteroatoms. The van der Waals surface area contributed by atoms with Crippen LogP contribution in [0.4, 0.5) is 0 Å². The number of amides is 1. The van der Waals surface area contributed by atoms with Crippen LogP contribution in [-0.2, 0) is 11.2 Å². The summed E-state index contributed by atoms with van der Waals surface area (Å²) in [5.74, 6) is 2.46. The van der Waals surface area contributed by atoms with Gasteiger partial charge in [0.05, 0.1) is 11.9 Å². The van der Waals surface area contributed by atoms with E-state index in [4.69, 9.17) is 4.42 Å². The predicted octanol–water partition coefficient (Wildman–Crippen LogP) is 1.20. The van der Waals surface area contributed by atoms with E-state index in [2.05, 4.69) is 5.32 Å². The van der Waals surface area contributed by atoms with Gasteiger partial charge in [0.25, 0.3) is 0 Å². The number of rotatable bonds is 5. The Balaban J connectivity index is 1.67. The van der Waals surface area contributed by atoms with Gasteiger partial charge in [0.15, 0.2) is 0 Å². The van der Waals surface area contributed by atoms with Gasteiger partial charge in [-0.1, -0.05) is 0 Å². The number of aliphatic hydroxyl groups is 1. The summed E-state index contributed by atoms with van der Waals surface area (Å²) in [6.07, 6.45) is 3.37. The Labute approximate surface area is 105 Å². The second-order valence-electron chi connectivity index (χ2n) is 4.38. The zero-order chi connectivity index (χ0) is 12.1. The molecule has 2 N–H and O–H groups in total. The van der Waals surface area contributed by atoms with Crippen LogP contribution in [0.3, 0.4) is 0 Å². The monoisotopic (exact) mass is 255 g/mol. The lowest BCUT2D eigenvalue weighted by molar-refractivity contribution is -0.122. The number of furan rings is 1. The minimum absolute atomic E-state index is 0.0354. The van der Waals surface area contributed by atoms with E-state index in [0.29, 0.717) is 25.1 Å². The van der Waals surface area contributed by atoms with Crippen molar-refractivity contribution in [2.24, 2.45) is 0 Å².